The molecule has 0 fully saturated rings. The third kappa shape index (κ3) is 3.91. The first-order chi connectivity index (χ1) is 10.7. The molecule has 0 aliphatic heterocycles. The molecule has 0 bridgehead atoms. The van der Waals surface area contributed by atoms with E-state index >= 15 is 0 Å². The fourth-order valence-electron chi connectivity index (χ4n) is 2.11. The monoisotopic (exact) mass is 339 g/mol. The van der Waals surface area contributed by atoms with Gasteiger partial charge in [0.1, 0.15) is 5.82 Å². The third-order valence-corrected chi connectivity index (χ3v) is 3.18. The molecule has 0 aliphatic carbocycles. The summed E-state index contributed by atoms with van der Waals surface area (Å²) in [6.07, 6.45) is 0.307. The van der Waals surface area contributed by atoms with Crippen molar-refractivity contribution in [3.05, 3.63) is 59.1 Å². The highest BCUT2D eigenvalue weighted by Gasteiger charge is 2.20. The summed E-state index contributed by atoms with van der Waals surface area (Å²) in [5, 5.41) is 7.67. The Morgan fingerprint density at radius 2 is 1.74 bits per heavy atom. The normalized spacial score (nSPS) is 12.0. The van der Waals surface area contributed by atoms with Gasteiger partial charge in [-0.25, -0.2) is 4.39 Å². The number of nitrogens with zero attached hydrogens (tertiary/aromatic N) is 4. The van der Waals surface area contributed by atoms with Gasteiger partial charge in [0.2, 0.25) is 11.8 Å². The Balaban J connectivity index is 0.00000192. The Morgan fingerprint density at radius 3 is 2.35 bits per heavy atom. The molecule has 3 rings (SSSR count). The lowest BCUT2D eigenvalue weighted by molar-refractivity contribution is 0.361. The Kier molecular flexibility index (Phi) is 5.41. The first-order valence-corrected chi connectivity index (χ1v) is 6.73. The molecule has 2 N–H and O–H groups in total. The quantitative estimate of drug-likeness (QED) is 0.758. The Hall–Kier alpha value is -2.32. The predicted octanol–water partition coefficient (Wildman–Crippen LogP) is 2.00. The second kappa shape index (κ2) is 7.30. The summed E-state index contributed by atoms with van der Waals surface area (Å²) in [5.74, 6) is 1.19. The lowest BCUT2D eigenvalue weighted by Gasteiger charge is -2.09. The summed E-state index contributed by atoms with van der Waals surface area (Å²) >= 11 is 0. The van der Waals surface area contributed by atoms with Gasteiger partial charge in [0, 0.05) is 13.5 Å². The number of halogens is 2. The zero-order valence-corrected chi connectivity index (χ0v) is 13.1. The molecule has 0 saturated heterocycles. The summed E-state index contributed by atoms with van der Waals surface area (Å²) < 4.78 is 23.1. The number of aryl methyl sites for hydroxylation is 1. The summed E-state index contributed by atoms with van der Waals surface area (Å²) in [6.45, 7) is 1.98. The van der Waals surface area contributed by atoms with Crippen LogP contribution in [0.4, 0.5) is 4.39 Å². The van der Waals surface area contributed by atoms with Crippen LogP contribution in [0, 0.1) is 12.7 Å². The van der Waals surface area contributed by atoms with Crippen molar-refractivity contribution in [2.24, 2.45) is 5.73 Å². The van der Waals surface area contributed by atoms with Gasteiger partial charge in [-0.05, 0) is 17.7 Å². The topological polar surface area (TPSA) is 104 Å². The van der Waals surface area contributed by atoms with Crippen LogP contribution in [0.25, 0.3) is 0 Å². The molecule has 7 nitrogen and oxygen atoms in total. The number of aromatic nitrogens is 4. The van der Waals surface area contributed by atoms with Crippen molar-refractivity contribution in [2.75, 3.05) is 6.54 Å². The summed E-state index contributed by atoms with van der Waals surface area (Å²) in [6, 6.07) is 6.05. The van der Waals surface area contributed by atoms with Gasteiger partial charge in [0.25, 0.3) is 0 Å². The van der Waals surface area contributed by atoms with E-state index in [0.717, 1.165) is 5.56 Å². The van der Waals surface area contributed by atoms with Crippen LogP contribution in [0.1, 0.15) is 34.9 Å². The van der Waals surface area contributed by atoms with E-state index in [9.17, 15) is 4.39 Å². The Labute approximate surface area is 137 Å². The first-order valence-electron chi connectivity index (χ1n) is 6.73. The van der Waals surface area contributed by atoms with Crippen molar-refractivity contribution in [1.82, 2.24) is 20.3 Å². The zero-order chi connectivity index (χ0) is 15.5. The minimum absolute atomic E-state index is 0. The standard InChI is InChI=1S/C14H14FN5O2.ClH/c1-8-17-12(19-21-8)6-13-18-14(22-20-13)11(7-16)9-2-4-10(15)5-3-9;/h2-5,11H,6-7,16H2,1H3;1H. The average Bonchev–Trinajstić information content (AvgIpc) is 3.12. The number of benzene rings is 1. The molecule has 122 valence electrons. The van der Waals surface area contributed by atoms with Crippen LogP contribution in [0.15, 0.2) is 33.3 Å². The fourth-order valence-corrected chi connectivity index (χ4v) is 2.11. The van der Waals surface area contributed by atoms with E-state index in [2.05, 4.69) is 20.3 Å². The smallest absolute Gasteiger partial charge is 0.235 e. The first kappa shape index (κ1) is 17.0. The van der Waals surface area contributed by atoms with E-state index in [1.165, 1.54) is 12.1 Å². The predicted molar refractivity (Wildman–Crippen MR) is 80.7 cm³/mol. The average molecular weight is 340 g/mol. The summed E-state index contributed by atoms with van der Waals surface area (Å²) in [7, 11) is 0. The van der Waals surface area contributed by atoms with Crippen LogP contribution in [0.2, 0.25) is 0 Å². The largest absolute Gasteiger partial charge is 0.340 e. The molecule has 2 aromatic heterocycles. The van der Waals surface area contributed by atoms with Crippen LogP contribution >= 0.6 is 12.4 Å². The zero-order valence-electron chi connectivity index (χ0n) is 12.3. The van der Waals surface area contributed by atoms with Gasteiger partial charge < -0.3 is 14.8 Å². The second-order valence-electron chi connectivity index (χ2n) is 4.80. The maximum absolute atomic E-state index is 13.0. The molecule has 9 heteroatoms. The van der Waals surface area contributed by atoms with E-state index in [1.54, 1.807) is 19.1 Å². The molecule has 0 aliphatic rings. The molecule has 0 radical (unpaired) electrons. The molecule has 23 heavy (non-hydrogen) atoms. The highest BCUT2D eigenvalue weighted by molar-refractivity contribution is 5.85. The molecular formula is C14H15ClFN5O2. The molecular weight excluding hydrogens is 325 g/mol. The van der Waals surface area contributed by atoms with E-state index in [4.69, 9.17) is 14.8 Å². The molecule has 0 spiro atoms. The van der Waals surface area contributed by atoms with Crippen molar-refractivity contribution in [3.63, 3.8) is 0 Å². The van der Waals surface area contributed by atoms with Crippen molar-refractivity contribution < 1.29 is 13.4 Å². The maximum atomic E-state index is 13.0. The molecule has 0 amide bonds. The molecule has 3 aromatic rings. The van der Waals surface area contributed by atoms with Crippen molar-refractivity contribution >= 4 is 12.4 Å². The molecule has 1 atom stereocenters. The summed E-state index contributed by atoms with van der Waals surface area (Å²) in [5.41, 5.74) is 6.59. The molecule has 2 heterocycles. The van der Waals surface area contributed by atoms with Crippen molar-refractivity contribution in [3.8, 4) is 0 Å². The second-order valence-corrected chi connectivity index (χ2v) is 4.80. The van der Waals surface area contributed by atoms with Gasteiger partial charge in [-0.15, -0.1) is 12.4 Å². The van der Waals surface area contributed by atoms with Gasteiger partial charge in [0.05, 0.1) is 12.3 Å². The Bertz CT molecular complexity index is 759. The van der Waals surface area contributed by atoms with Crippen LogP contribution in [-0.2, 0) is 6.42 Å². The van der Waals surface area contributed by atoms with Crippen molar-refractivity contribution in [1.29, 1.82) is 0 Å². The van der Waals surface area contributed by atoms with Gasteiger partial charge in [-0.3, -0.25) is 0 Å². The van der Waals surface area contributed by atoms with Crippen LogP contribution in [-0.4, -0.2) is 26.8 Å². The number of hydrogen-bond acceptors (Lipinski definition) is 7. The van der Waals surface area contributed by atoms with Gasteiger partial charge in [-0.1, -0.05) is 22.4 Å². The maximum Gasteiger partial charge on any atom is 0.235 e. The van der Waals surface area contributed by atoms with E-state index in [0.29, 0.717) is 29.9 Å². The van der Waals surface area contributed by atoms with E-state index < -0.39 is 0 Å². The number of nitrogens with two attached hydrogens (primary N) is 1. The van der Waals surface area contributed by atoms with Crippen molar-refractivity contribution in [2.45, 2.75) is 19.3 Å². The van der Waals surface area contributed by atoms with Crippen LogP contribution in [0.3, 0.4) is 0 Å². The van der Waals surface area contributed by atoms with Gasteiger partial charge in [-0.2, -0.15) is 9.97 Å². The fraction of sp³-hybridized carbons (Fsp3) is 0.286. The van der Waals surface area contributed by atoms with Gasteiger partial charge >= 0.3 is 0 Å². The minimum Gasteiger partial charge on any atom is -0.340 e. The number of hydrogen-bond donors (Lipinski definition) is 1. The van der Waals surface area contributed by atoms with E-state index in [1.807, 2.05) is 0 Å². The van der Waals surface area contributed by atoms with Crippen LogP contribution in [0.5, 0.6) is 0 Å². The lowest BCUT2D eigenvalue weighted by atomic mass is 9.99. The highest BCUT2D eigenvalue weighted by Crippen LogP contribution is 2.22. The third-order valence-electron chi connectivity index (χ3n) is 3.18. The van der Waals surface area contributed by atoms with Gasteiger partial charge in [0.15, 0.2) is 11.6 Å². The molecule has 0 saturated carbocycles. The molecule has 1 unspecified atom stereocenters. The number of rotatable bonds is 5. The van der Waals surface area contributed by atoms with E-state index in [-0.39, 0.29) is 30.7 Å². The van der Waals surface area contributed by atoms with Crippen LogP contribution < -0.4 is 5.73 Å². The minimum atomic E-state index is -0.307. The SMILES string of the molecule is Cc1nc(Cc2noc(C(CN)c3ccc(F)cc3)n2)no1.Cl. The molecule has 1 aromatic carbocycles. The summed E-state index contributed by atoms with van der Waals surface area (Å²) in [4.78, 5) is 8.39. The Morgan fingerprint density at radius 1 is 1.09 bits per heavy atom. The lowest BCUT2D eigenvalue weighted by Crippen LogP contribution is -2.14. The highest BCUT2D eigenvalue weighted by atomic mass is 35.5.